The summed E-state index contributed by atoms with van der Waals surface area (Å²) in [7, 11) is 0. The van der Waals surface area contributed by atoms with Crippen molar-refractivity contribution in [2.45, 2.75) is 38.2 Å². The summed E-state index contributed by atoms with van der Waals surface area (Å²) in [5.41, 5.74) is 2.13. The van der Waals surface area contributed by atoms with Crippen LogP contribution in [0.15, 0.2) is 48.5 Å². The zero-order valence-corrected chi connectivity index (χ0v) is 17.8. The van der Waals surface area contributed by atoms with Crippen LogP contribution >= 0.6 is 0 Å². The summed E-state index contributed by atoms with van der Waals surface area (Å²) in [5.74, 6) is -0.146. The lowest BCUT2D eigenvalue weighted by molar-refractivity contribution is -0.139. The van der Waals surface area contributed by atoms with E-state index < -0.39 is 11.6 Å². The summed E-state index contributed by atoms with van der Waals surface area (Å²) in [4.78, 5) is 13.0. The highest BCUT2D eigenvalue weighted by Crippen LogP contribution is 2.43. The summed E-state index contributed by atoms with van der Waals surface area (Å²) in [6, 6.07) is 12.9. The minimum Gasteiger partial charge on any atom is -0.491 e. The molecule has 1 fully saturated rings. The van der Waals surface area contributed by atoms with Gasteiger partial charge in [0.1, 0.15) is 11.4 Å². The number of unbranched alkanes of at least 4 members (excludes halogenated alkanes) is 1. The molecule has 2 aromatic carbocycles. The maximum Gasteiger partial charge on any atom is 0.317 e. The maximum absolute atomic E-state index is 14.8. The number of benzene rings is 2. The van der Waals surface area contributed by atoms with E-state index in [0.717, 1.165) is 35.3 Å². The zero-order valence-electron chi connectivity index (χ0n) is 17.8. The zero-order chi connectivity index (χ0) is 21.8. The van der Waals surface area contributed by atoms with Crippen molar-refractivity contribution in [2.24, 2.45) is 0 Å². The van der Waals surface area contributed by atoms with Crippen molar-refractivity contribution in [3.8, 4) is 11.5 Å². The van der Waals surface area contributed by atoms with Crippen LogP contribution in [0.5, 0.6) is 11.5 Å². The highest BCUT2D eigenvalue weighted by atomic mass is 19.1. The number of carboxylic acid groups (broad SMARTS) is 1. The number of rotatable bonds is 7. The molecule has 0 bridgehead atoms. The number of nitrogens with zero attached hydrogens (tertiary/aromatic N) is 1. The van der Waals surface area contributed by atoms with Gasteiger partial charge in [-0.25, -0.2) is 4.39 Å². The molecule has 5 nitrogen and oxygen atoms in total. The number of fused-ring (bicyclic) bond motifs is 1. The Morgan fingerprint density at radius 2 is 2.00 bits per heavy atom. The Bertz CT molecular complexity index is 979. The van der Waals surface area contributed by atoms with Crippen molar-refractivity contribution in [2.75, 3.05) is 26.2 Å². The van der Waals surface area contributed by atoms with Gasteiger partial charge in [-0.1, -0.05) is 37.6 Å². The molecule has 31 heavy (non-hydrogen) atoms. The number of piperidine rings is 1. The van der Waals surface area contributed by atoms with Gasteiger partial charge in [-0.2, -0.15) is 0 Å². The molecule has 0 radical (unpaired) electrons. The van der Waals surface area contributed by atoms with E-state index in [0.29, 0.717) is 32.5 Å². The highest BCUT2D eigenvalue weighted by molar-refractivity contribution is 5.85. The fraction of sp³-hybridized carbons (Fsp3) is 0.400. The Labute approximate surface area is 182 Å². The molecule has 2 aliphatic heterocycles. The Morgan fingerprint density at radius 1 is 1.23 bits per heavy atom. The maximum atomic E-state index is 14.8. The second-order valence-electron chi connectivity index (χ2n) is 8.24. The summed E-state index contributed by atoms with van der Waals surface area (Å²) in [6.07, 6.45) is 5.34. The number of ether oxygens (including phenoxy) is 2. The van der Waals surface area contributed by atoms with Gasteiger partial charge in [0.15, 0.2) is 11.6 Å². The SMILES string of the molecule is CCCCOc1ccc(C2=CC3(CCN(CC(=O)O)CC3)Oc3ccccc32)cc1F. The fourth-order valence-electron chi connectivity index (χ4n) is 4.25. The Hall–Kier alpha value is -2.86. The normalized spacial score (nSPS) is 17.5. The van der Waals surface area contributed by atoms with Crippen LogP contribution in [-0.4, -0.2) is 47.8 Å². The summed E-state index contributed by atoms with van der Waals surface area (Å²) < 4.78 is 26.8. The van der Waals surface area contributed by atoms with Crippen LogP contribution in [0.3, 0.4) is 0 Å². The van der Waals surface area contributed by atoms with Crippen LogP contribution < -0.4 is 9.47 Å². The monoisotopic (exact) mass is 425 g/mol. The number of halogens is 1. The molecule has 2 aromatic rings. The van der Waals surface area contributed by atoms with E-state index in [1.165, 1.54) is 6.07 Å². The largest absolute Gasteiger partial charge is 0.491 e. The molecule has 164 valence electrons. The minimum absolute atomic E-state index is 0.0357. The predicted octanol–water partition coefficient (Wildman–Crippen LogP) is 4.75. The molecule has 4 rings (SSSR count). The van der Waals surface area contributed by atoms with Crippen molar-refractivity contribution in [1.82, 2.24) is 4.90 Å². The quantitative estimate of drug-likeness (QED) is 0.649. The van der Waals surface area contributed by atoms with Gasteiger partial charge in [0.2, 0.25) is 0 Å². The van der Waals surface area contributed by atoms with Crippen LogP contribution in [0.4, 0.5) is 4.39 Å². The van der Waals surface area contributed by atoms with Gasteiger partial charge in [-0.15, -0.1) is 0 Å². The van der Waals surface area contributed by atoms with Crippen LogP contribution in [0, 0.1) is 5.82 Å². The number of para-hydroxylation sites is 1. The van der Waals surface area contributed by atoms with Crippen LogP contribution in [0.2, 0.25) is 0 Å². The van der Waals surface area contributed by atoms with Crippen molar-refractivity contribution in [1.29, 1.82) is 0 Å². The van der Waals surface area contributed by atoms with E-state index >= 15 is 0 Å². The first-order valence-corrected chi connectivity index (χ1v) is 10.9. The fourth-order valence-corrected chi connectivity index (χ4v) is 4.25. The summed E-state index contributed by atoms with van der Waals surface area (Å²) in [5, 5.41) is 9.07. The van der Waals surface area contributed by atoms with Gasteiger partial charge in [0.05, 0.1) is 13.2 Å². The summed E-state index contributed by atoms with van der Waals surface area (Å²) in [6.45, 7) is 3.88. The van der Waals surface area contributed by atoms with E-state index in [1.54, 1.807) is 6.07 Å². The van der Waals surface area contributed by atoms with Gasteiger partial charge >= 0.3 is 5.97 Å². The second-order valence-corrected chi connectivity index (χ2v) is 8.24. The van der Waals surface area contributed by atoms with Crippen molar-refractivity contribution in [3.05, 3.63) is 65.5 Å². The van der Waals surface area contributed by atoms with Gasteiger partial charge in [0.25, 0.3) is 0 Å². The number of hydrogen-bond donors (Lipinski definition) is 1. The molecular weight excluding hydrogens is 397 g/mol. The summed E-state index contributed by atoms with van der Waals surface area (Å²) >= 11 is 0. The lowest BCUT2D eigenvalue weighted by atomic mass is 9.83. The third kappa shape index (κ3) is 4.74. The first kappa shape index (κ1) is 21.4. The van der Waals surface area contributed by atoms with Crippen molar-refractivity contribution < 1.29 is 23.8 Å². The van der Waals surface area contributed by atoms with Gasteiger partial charge < -0.3 is 14.6 Å². The van der Waals surface area contributed by atoms with E-state index in [1.807, 2.05) is 35.2 Å². The number of carboxylic acids is 1. The molecule has 0 unspecified atom stereocenters. The third-order valence-electron chi connectivity index (χ3n) is 5.96. The lowest BCUT2D eigenvalue weighted by Crippen LogP contribution is -2.49. The minimum atomic E-state index is -0.821. The molecule has 1 N–H and O–H groups in total. The highest BCUT2D eigenvalue weighted by Gasteiger charge is 2.39. The predicted molar refractivity (Wildman–Crippen MR) is 117 cm³/mol. The Kier molecular flexibility index (Phi) is 6.28. The molecule has 2 aliphatic rings. The van der Waals surface area contributed by atoms with Gasteiger partial charge in [-0.3, -0.25) is 9.69 Å². The van der Waals surface area contributed by atoms with Crippen molar-refractivity contribution >= 4 is 11.5 Å². The number of aliphatic carboxylic acids is 1. The first-order chi connectivity index (χ1) is 15.0. The molecule has 2 heterocycles. The molecule has 0 saturated carbocycles. The average molecular weight is 426 g/mol. The second kappa shape index (κ2) is 9.10. The molecule has 6 heteroatoms. The van der Waals surface area contributed by atoms with E-state index in [-0.39, 0.29) is 18.1 Å². The number of carbonyl (C=O) groups is 1. The lowest BCUT2D eigenvalue weighted by Gasteiger charge is -2.42. The Balaban J connectivity index is 1.63. The topological polar surface area (TPSA) is 59.0 Å². The molecule has 0 aromatic heterocycles. The molecule has 0 amide bonds. The molecule has 0 atom stereocenters. The van der Waals surface area contributed by atoms with Gasteiger partial charge in [0, 0.05) is 31.5 Å². The third-order valence-corrected chi connectivity index (χ3v) is 5.96. The van der Waals surface area contributed by atoms with Gasteiger partial charge in [-0.05, 0) is 41.8 Å². The van der Waals surface area contributed by atoms with E-state index in [9.17, 15) is 9.18 Å². The van der Waals surface area contributed by atoms with E-state index in [2.05, 4.69) is 13.0 Å². The smallest absolute Gasteiger partial charge is 0.317 e. The molecular formula is C25H28FNO4. The molecule has 1 saturated heterocycles. The van der Waals surface area contributed by atoms with Crippen LogP contribution in [-0.2, 0) is 4.79 Å². The molecule has 1 spiro atoms. The van der Waals surface area contributed by atoms with Crippen LogP contribution in [0.1, 0.15) is 43.7 Å². The average Bonchev–Trinajstić information content (AvgIpc) is 2.76. The number of likely N-dealkylation sites (tertiary alicyclic amines) is 1. The first-order valence-electron chi connectivity index (χ1n) is 10.9. The Morgan fingerprint density at radius 3 is 2.71 bits per heavy atom. The standard InChI is InChI=1S/C25H28FNO4/c1-2-3-14-30-23-9-8-18(15-21(23)26)20-16-25(31-22-7-5-4-6-19(20)22)10-12-27(13-11-25)17-24(28)29/h4-9,15-16H,2-3,10-14,17H2,1H3,(H,28,29). The number of hydrogen-bond acceptors (Lipinski definition) is 4. The van der Waals surface area contributed by atoms with Crippen LogP contribution in [0.25, 0.3) is 5.57 Å². The molecule has 0 aliphatic carbocycles. The van der Waals surface area contributed by atoms with E-state index in [4.69, 9.17) is 14.6 Å². The van der Waals surface area contributed by atoms with Crippen molar-refractivity contribution in [3.63, 3.8) is 0 Å².